The smallest absolute Gasteiger partial charge is 0.314 e. The van der Waals surface area contributed by atoms with E-state index >= 15 is 0 Å². The monoisotopic (exact) mass is 249 g/mol. The molecule has 4 heteroatoms. The van der Waals surface area contributed by atoms with E-state index in [1.54, 1.807) is 7.11 Å². The van der Waals surface area contributed by atoms with Gasteiger partial charge in [-0.3, -0.25) is 4.79 Å². The summed E-state index contributed by atoms with van der Waals surface area (Å²) in [7, 11) is 1.61. The molecular formula is C14H19NO3. The fourth-order valence-electron chi connectivity index (χ4n) is 2.60. The minimum Gasteiger partial charge on any atom is -0.496 e. The molecule has 0 aliphatic carbocycles. The highest BCUT2D eigenvalue weighted by atomic mass is 16.5. The molecule has 0 amide bonds. The molecule has 2 N–H and O–H groups in total. The molecule has 0 atom stereocenters. The zero-order valence-electron chi connectivity index (χ0n) is 10.8. The van der Waals surface area contributed by atoms with Gasteiger partial charge in [0.25, 0.3) is 0 Å². The standard InChI is InChI=1S/C14H19NO3/c1-10-3-4-11(9-12(10)18-2)14(13(16)17)5-7-15-8-6-14/h3-4,9,15H,5-8H2,1-2H3,(H,16,17). The number of methoxy groups -OCH3 is 1. The third-order valence-electron chi connectivity index (χ3n) is 3.83. The first kappa shape index (κ1) is 12.9. The average molecular weight is 249 g/mol. The molecule has 0 bridgehead atoms. The Morgan fingerprint density at radius 3 is 2.61 bits per heavy atom. The Bertz CT molecular complexity index is 450. The Hall–Kier alpha value is -1.55. The molecule has 1 aliphatic heterocycles. The number of hydrogen-bond acceptors (Lipinski definition) is 3. The van der Waals surface area contributed by atoms with Gasteiger partial charge in [0.1, 0.15) is 5.75 Å². The van der Waals surface area contributed by atoms with Crippen LogP contribution in [0.25, 0.3) is 0 Å². The lowest BCUT2D eigenvalue weighted by Crippen LogP contribution is -2.45. The highest BCUT2D eigenvalue weighted by Crippen LogP contribution is 2.36. The number of hydrogen-bond donors (Lipinski definition) is 2. The van der Waals surface area contributed by atoms with Gasteiger partial charge in [0.15, 0.2) is 0 Å². The van der Waals surface area contributed by atoms with Crippen LogP contribution in [0, 0.1) is 6.92 Å². The number of nitrogens with one attached hydrogen (secondary N) is 1. The zero-order chi connectivity index (χ0) is 13.2. The summed E-state index contributed by atoms with van der Waals surface area (Å²) in [5.41, 5.74) is 1.10. The van der Waals surface area contributed by atoms with Crippen LogP contribution in [0.5, 0.6) is 5.75 Å². The molecule has 18 heavy (non-hydrogen) atoms. The van der Waals surface area contributed by atoms with Crippen molar-refractivity contribution in [3.05, 3.63) is 29.3 Å². The zero-order valence-corrected chi connectivity index (χ0v) is 10.8. The molecular weight excluding hydrogens is 230 g/mol. The van der Waals surface area contributed by atoms with Crippen LogP contribution in [0.1, 0.15) is 24.0 Å². The summed E-state index contributed by atoms with van der Waals surface area (Å²) in [5.74, 6) is 0.0153. The number of carboxylic acids is 1. The van der Waals surface area contributed by atoms with Crippen molar-refractivity contribution in [3.63, 3.8) is 0 Å². The molecule has 2 rings (SSSR count). The summed E-state index contributed by atoms with van der Waals surface area (Å²) in [6, 6.07) is 5.72. The molecule has 0 radical (unpaired) electrons. The molecule has 1 aromatic carbocycles. The maximum atomic E-state index is 11.7. The van der Waals surface area contributed by atoms with E-state index in [2.05, 4.69) is 5.32 Å². The molecule has 0 saturated carbocycles. The first-order valence-electron chi connectivity index (χ1n) is 6.19. The Labute approximate surface area is 107 Å². The highest BCUT2D eigenvalue weighted by Gasteiger charge is 2.41. The van der Waals surface area contributed by atoms with E-state index in [4.69, 9.17) is 4.74 Å². The van der Waals surface area contributed by atoms with E-state index in [1.165, 1.54) is 0 Å². The summed E-state index contributed by atoms with van der Waals surface area (Å²) < 4.78 is 5.29. The molecule has 0 spiro atoms. The fraction of sp³-hybridized carbons (Fsp3) is 0.500. The van der Waals surface area contributed by atoms with Gasteiger partial charge in [-0.2, -0.15) is 0 Å². The van der Waals surface area contributed by atoms with Crippen molar-refractivity contribution in [2.24, 2.45) is 0 Å². The minimum absolute atomic E-state index is 0.620. The lowest BCUT2D eigenvalue weighted by atomic mass is 9.73. The van der Waals surface area contributed by atoms with Gasteiger partial charge < -0.3 is 15.2 Å². The normalized spacial score (nSPS) is 18.3. The number of aryl methyl sites for hydroxylation is 1. The SMILES string of the molecule is COc1cc(C2(C(=O)O)CCNCC2)ccc1C. The number of piperidine rings is 1. The number of benzene rings is 1. The van der Waals surface area contributed by atoms with Gasteiger partial charge in [0.2, 0.25) is 0 Å². The van der Waals surface area contributed by atoms with Crippen LogP contribution in [0.2, 0.25) is 0 Å². The van der Waals surface area contributed by atoms with Gasteiger partial charge >= 0.3 is 5.97 Å². The van der Waals surface area contributed by atoms with Gasteiger partial charge in [-0.15, -0.1) is 0 Å². The topological polar surface area (TPSA) is 58.6 Å². The Balaban J connectivity index is 2.45. The fourth-order valence-corrected chi connectivity index (χ4v) is 2.60. The summed E-state index contributed by atoms with van der Waals surface area (Å²) in [4.78, 5) is 11.7. The van der Waals surface area contributed by atoms with Crippen LogP contribution >= 0.6 is 0 Å². The van der Waals surface area contributed by atoms with Gasteiger partial charge in [-0.25, -0.2) is 0 Å². The maximum Gasteiger partial charge on any atom is 0.314 e. The summed E-state index contributed by atoms with van der Waals surface area (Å²) in [5, 5.41) is 12.8. The van der Waals surface area contributed by atoms with E-state index in [0.717, 1.165) is 30.0 Å². The number of ether oxygens (including phenoxy) is 1. The van der Waals surface area contributed by atoms with E-state index in [0.29, 0.717) is 12.8 Å². The first-order valence-corrected chi connectivity index (χ1v) is 6.19. The van der Waals surface area contributed by atoms with E-state index in [9.17, 15) is 9.90 Å². The third-order valence-corrected chi connectivity index (χ3v) is 3.83. The molecule has 1 aliphatic rings. The second kappa shape index (κ2) is 4.98. The van der Waals surface area contributed by atoms with Crippen LogP contribution in [0.4, 0.5) is 0 Å². The van der Waals surface area contributed by atoms with Crippen molar-refractivity contribution in [1.29, 1.82) is 0 Å². The second-order valence-corrected chi connectivity index (χ2v) is 4.82. The van der Waals surface area contributed by atoms with Crippen molar-refractivity contribution in [2.45, 2.75) is 25.2 Å². The maximum absolute atomic E-state index is 11.7. The van der Waals surface area contributed by atoms with E-state index in [-0.39, 0.29) is 0 Å². The quantitative estimate of drug-likeness (QED) is 0.856. The largest absolute Gasteiger partial charge is 0.496 e. The van der Waals surface area contributed by atoms with Crippen molar-refractivity contribution in [2.75, 3.05) is 20.2 Å². The van der Waals surface area contributed by atoms with Crippen molar-refractivity contribution in [3.8, 4) is 5.75 Å². The lowest BCUT2D eigenvalue weighted by molar-refractivity contribution is -0.145. The van der Waals surface area contributed by atoms with Crippen LogP contribution in [-0.2, 0) is 10.2 Å². The minimum atomic E-state index is -0.772. The molecule has 0 unspecified atom stereocenters. The summed E-state index contributed by atoms with van der Waals surface area (Å²) in [6.07, 6.45) is 1.24. The second-order valence-electron chi connectivity index (χ2n) is 4.82. The van der Waals surface area contributed by atoms with Crippen molar-refractivity contribution in [1.82, 2.24) is 5.32 Å². The predicted molar refractivity (Wildman–Crippen MR) is 69.1 cm³/mol. The van der Waals surface area contributed by atoms with Crippen molar-refractivity contribution < 1.29 is 14.6 Å². The third kappa shape index (κ3) is 2.08. The predicted octanol–water partition coefficient (Wildman–Crippen LogP) is 1.71. The van der Waals surface area contributed by atoms with Gasteiger partial charge in [0, 0.05) is 0 Å². The number of carbonyl (C=O) groups is 1. The molecule has 1 aromatic rings. The number of rotatable bonds is 3. The van der Waals surface area contributed by atoms with Crippen LogP contribution in [0.3, 0.4) is 0 Å². The summed E-state index contributed by atoms with van der Waals surface area (Å²) >= 11 is 0. The molecule has 1 saturated heterocycles. The van der Waals surface area contributed by atoms with Crippen molar-refractivity contribution >= 4 is 5.97 Å². The number of carboxylic acid groups (broad SMARTS) is 1. The Morgan fingerprint density at radius 1 is 1.39 bits per heavy atom. The average Bonchev–Trinajstić information content (AvgIpc) is 2.40. The van der Waals surface area contributed by atoms with Gasteiger partial charge in [-0.05, 0) is 50.0 Å². The van der Waals surface area contributed by atoms with Gasteiger partial charge in [-0.1, -0.05) is 12.1 Å². The Kier molecular flexibility index (Phi) is 3.57. The molecule has 4 nitrogen and oxygen atoms in total. The lowest BCUT2D eigenvalue weighted by Gasteiger charge is -2.34. The molecule has 1 heterocycles. The Morgan fingerprint density at radius 2 is 2.06 bits per heavy atom. The highest BCUT2D eigenvalue weighted by molar-refractivity contribution is 5.82. The molecule has 98 valence electrons. The summed E-state index contributed by atoms with van der Waals surface area (Å²) in [6.45, 7) is 3.43. The van der Waals surface area contributed by atoms with Gasteiger partial charge in [0.05, 0.1) is 12.5 Å². The van der Waals surface area contributed by atoms with Crippen LogP contribution in [0.15, 0.2) is 18.2 Å². The molecule has 1 fully saturated rings. The first-order chi connectivity index (χ1) is 8.60. The molecule has 0 aromatic heterocycles. The van der Waals surface area contributed by atoms with E-state index in [1.807, 2.05) is 25.1 Å². The van der Waals surface area contributed by atoms with Crippen LogP contribution in [-0.4, -0.2) is 31.3 Å². The van der Waals surface area contributed by atoms with Crippen LogP contribution < -0.4 is 10.1 Å². The van der Waals surface area contributed by atoms with E-state index < -0.39 is 11.4 Å². The number of aliphatic carboxylic acids is 1.